The van der Waals surface area contributed by atoms with Crippen molar-refractivity contribution >= 4 is 11.8 Å². The molecular formula is C23H30N2O4. The highest BCUT2D eigenvalue weighted by atomic mass is 16.5. The van der Waals surface area contributed by atoms with Crippen molar-refractivity contribution in [3.05, 3.63) is 59.2 Å². The Morgan fingerprint density at radius 2 is 1.66 bits per heavy atom. The van der Waals surface area contributed by atoms with Gasteiger partial charge < -0.3 is 20.1 Å². The molecule has 0 spiro atoms. The van der Waals surface area contributed by atoms with E-state index in [4.69, 9.17) is 9.47 Å². The molecule has 0 aliphatic heterocycles. The number of rotatable bonds is 9. The summed E-state index contributed by atoms with van der Waals surface area (Å²) in [5, 5.41) is 5.76. The summed E-state index contributed by atoms with van der Waals surface area (Å²) in [4.78, 5) is 25.4. The Labute approximate surface area is 172 Å². The van der Waals surface area contributed by atoms with Gasteiger partial charge in [0, 0.05) is 18.2 Å². The molecule has 2 aromatic carbocycles. The van der Waals surface area contributed by atoms with Crippen LogP contribution in [0.2, 0.25) is 0 Å². The minimum atomic E-state index is -0.641. The first kappa shape index (κ1) is 22.3. The normalized spacial score (nSPS) is 11.7. The van der Waals surface area contributed by atoms with Crippen LogP contribution in [0.1, 0.15) is 35.3 Å². The lowest BCUT2D eigenvalue weighted by molar-refractivity contribution is -0.123. The average Bonchev–Trinajstić information content (AvgIpc) is 2.71. The summed E-state index contributed by atoms with van der Waals surface area (Å²) >= 11 is 0. The molecule has 2 aromatic rings. The third-order valence-electron chi connectivity index (χ3n) is 4.64. The van der Waals surface area contributed by atoms with E-state index in [0.29, 0.717) is 23.6 Å². The van der Waals surface area contributed by atoms with Gasteiger partial charge in [0.2, 0.25) is 5.91 Å². The van der Waals surface area contributed by atoms with Gasteiger partial charge in [0.25, 0.3) is 5.91 Å². The zero-order valence-electron chi connectivity index (χ0n) is 17.7. The summed E-state index contributed by atoms with van der Waals surface area (Å²) < 4.78 is 10.4. The lowest BCUT2D eigenvalue weighted by Gasteiger charge is -2.22. The van der Waals surface area contributed by atoms with Crippen molar-refractivity contribution < 1.29 is 19.1 Å². The number of carbonyl (C=O) groups is 2. The van der Waals surface area contributed by atoms with E-state index in [9.17, 15) is 9.59 Å². The molecule has 156 valence electrons. The molecule has 1 atom stereocenters. The quantitative estimate of drug-likeness (QED) is 0.680. The fourth-order valence-electron chi connectivity index (χ4n) is 3.01. The van der Waals surface area contributed by atoms with Crippen molar-refractivity contribution in [1.29, 1.82) is 0 Å². The lowest BCUT2D eigenvalue weighted by atomic mass is 10.0. The van der Waals surface area contributed by atoms with E-state index in [1.54, 1.807) is 18.2 Å². The number of carbonyl (C=O) groups excluding carboxylic acids is 2. The Morgan fingerprint density at radius 3 is 2.21 bits per heavy atom. The number of amides is 2. The predicted octanol–water partition coefficient (Wildman–Crippen LogP) is 3.13. The Kier molecular flexibility index (Phi) is 8.07. The largest absolute Gasteiger partial charge is 0.497 e. The van der Waals surface area contributed by atoms with Crippen molar-refractivity contribution in [3.8, 4) is 11.5 Å². The van der Waals surface area contributed by atoms with Gasteiger partial charge in [-0.1, -0.05) is 43.7 Å². The second-order valence-electron chi connectivity index (χ2n) is 7.33. The number of methoxy groups -OCH3 is 2. The van der Waals surface area contributed by atoms with Crippen molar-refractivity contribution in [2.45, 2.75) is 33.2 Å². The van der Waals surface area contributed by atoms with E-state index < -0.39 is 6.04 Å². The molecule has 29 heavy (non-hydrogen) atoms. The lowest BCUT2D eigenvalue weighted by Crippen LogP contribution is -2.50. The smallest absolute Gasteiger partial charge is 0.252 e. The van der Waals surface area contributed by atoms with Gasteiger partial charge in [-0.3, -0.25) is 9.59 Å². The summed E-state index contributed by atoms with van der Waals surface area (Å²) in [6.07, 6.45) is 0.735. The van der Waals surface area contributed by atoms with Crippen LogP contribution < -0.4 is 20.1 Å². The molecule has 0 radical (unpaired) electrons. The summed E-state index contributed by atoms with van der Waals surface area (Å²) in [6, 6.07) is 12.5. The second-order valence-corrected chi connectivity index (χ2v) is 7.33. The summed E-state index contributed by atoms with van der Waals surface area (Å²) in [5.74, 6) is 0.410. The van der Waals surface area contributed by atoms with Crippen LogP contribution >= 0.6 is 0 Å². The highest BCUT2D eigenvalue weighted by Gasteiger charge is 2.25. The summed E-state index contributed by atoms with van der Waals surface area (Å²) in [5.41, 5.74) is 2.73. The topological polar surface area (TPSA) is 76.7 Å². The van der Waals surface area contributed by atoms with Crippen LogP contribution in [0.25, 0.3) is 0 Å². The number of hydrogen-bond acceptors (Lipinski definition) is 4. The molecule has 0 saturated carbocycles. The molecule has 6 nitrogen and oxygen atoms in total. The minimum absolute atomic E-state index is 0.0644. The van der Waals surface area contributed by atoms with Crippen LogP contribution in [-0.2, 0) is 11.2 Å². The van der Waals surface area contributed by atoms with Crippen LogP contribution in [0.5, 0.6) is 11.5 Å². The van der Waals surface area contributed by atoms with Crippen molar-refractivity contribution in [3.63, 3.8) is 0 Å². The van der Waals surface area contributed by atoms with Gasteiger partial charge in [0.15, 0.2) is 0 Å². The number of nitrogens with one attached hydrogen (secondary N) is 2. The highest BCUT2D eigenvalue weighted by molar-refractivity contribution is 5.98. The SMILES string of the molecule is COc1cc(OC)cc(C(=O)NC(C(=O)NCCc2cccc(C)c2)C(C)C)c1. The maximum absolute atomic E-state index is 12.7. The molecule has 0 fully saturated rings. The van der Waals surface area contributed by atoms with Crippen LogP contribution in [0, 0.1) is 12.8 Å². The number of aryl methyl sites for hydroxylation is 1. The standard InChI is InChI=1S/C23H30N2O4/c1-15(2)21(23(27)24-10-9-17-8-6-7-16(3)11-17)25-22(26)18-12-19(28-4)14-20(13-18)29-5/h6-8,11-15,21H,9-10H2,1-5H3,(H,24,27)(H,25,26). The molecule has 2 N–H and O–H groups in total. The Hall–Kier alpha value is -3.02. The minimum Gasteiger partial charge on any atom is -0.497 e. The van der Waals surface area contributed by atoms with Crippen molar-refractivity contribution in [1.82, 2.24) is 10.6 Å². The molecule has 2 rings (SSSR count). The second kappa shape index (κ2) is 10.5. The molecule has 0 aliphatic carbocycles. The molecule has 0 saturated heterocycles. The van der Waals surface area contributed by atoms with Crippen LogP contribution in [0.3, 0.4) is 0 Å². The molecule has 0 aliphatic rings. The van der Waals surface area contributed by atoms with E-state index in [1.807, 2.05) is 39.0 Å². The molecule has 0 bridgehead atoms. The van der Waals surface area contributed by atoms with E-state index in [-0.39, 0.29) is 17.7 Å². The number of benzene rings is 2. The first-order valence-corrected chi connectivity index (χ1v) is 9.71. The zero-order valence-corrected chi connectivity index (χ0v) is 17.7. The van der Waals surface area contributed by atoms with Crippen LogP contribution in [0.15, 0.2) is 42.5 Å². The van der Waals surface area contributed by atoms with Crippen LogP contribution in [0.4, 0.5) is 0 Å². The first-order valence-electron chi connectivity index (χ1n) is 9.71. The first-order chi connectivity index (χ1) is 13.8. The molecular weight excluding hydrogens is 368 g/mol. The summed E-state index contributed by atoms with van der Waals surface area (Å²) in [7, 11) is 3.05. The molecule has 0 aromatic heterocycles. The monoisotopic (exact) mass is 398 g/mol. The fourth-order valence-corrected chi connectivity index (χ4v) is 3.01. The van der Waals surface area contributed by atoms with Crippen LogP contribution in [-0.4, -0.2) is 38.6 Å². The Bertz CT molecular complexity index is 826. The average molecular weight is 399 g/mol. The van der Waals surface area contributed by atoms with E-state index in [2.05, 4.69) is 16.7 Å². The van der Waals surface area contributed by atoms with Gasteiger partial charge >= 0.3 is 0 Å². The van der Waals surface area contributed by atoms with Gasteiger partial charge in [-0.05, 0) is 37.0 Å². The van der Waals surface area contributed by atoms with E-state index in [1.165, 1.54) is 25.3 Å². The number of ether oxygens (including phenoxy) is 2. The van der Waals surface area contributed by atoms with E-state index >= 15 is 0 Å². The van der Waals surface area contributed by atoms with Gasteiger partial charge in [0.1, 0.15) is 17.5 Å². The van der Waals surface area contributed by atoms with Crippen molar-refractivity contribution in [2.24, 2.45) is 5.92 Å². The zero-order chi connectivity index (χ0) is 21.4. The van der Waals surface area contributed by atoms with Crippen molar-refractivity contribution in [2.75, 3.05) is 20.8 Å². The Morgan fingerprint density at radius 1 is 1.00 bits per heavy atom. The molecule has 6 heteroatoms. The maximum atomic E-state index is 12.7. The van der Waals surface area contributed by atoms with Gasteiger partial charge in [-0.2, -0.15) is 0 Å². The Balaban J connectivity index is 2.01. The van der Waals surface area contributed by atoms with Gasteiger partial charge in [-0.25, -0.2) is 0 Å². The van der Waals surface area contributed by atoms with Gasteiger partial charge in [0.05, 0.1) is 14.2 Å². The molecule has 2 amide bonds. The molecule has 0 heterocycles. The summed E-state index contributed by atoms with van der Waals surface area (Å²) in [6.45, 7) is 6.35. The molecule has 1 unspecified atom stereocenters. The third-order valence-corrected chi connectivity index (χ3v) is 4.64. The van der Waals surface area contributed by atoms with Gasteiger partial charge in [-0.15, -0.1) is 0 Å². The highest BCUT2D eigenvalue weighted by Crippen LogP contribution is 2.22. The predicted molar refractivity (Wildman–Crippen MR) is 114 cm³/mol. The fraction of sp³-hybridized carbons (Fsp3) is 0.391. The maximum Gasteiger partial charge on any atom is 0.252 e. The number of hydrogen-bond donors (Lipinski definition) is 2. The third kappa shape index (κ3) is 6.52. The van der Waals surface area contributed by atoms with E-state index in [0.717, 1.165) is 6.42 Å².